The van der Waals surface area contributed by atoms with E-state index in [1.165, 1.54) is 34.3 Å². The lowest BCUT2D eigenvalue weighted by molar-refractivity contribution is -0.108. The van der Waals surface area contributed by atoms with Crippen molar-refractivity contribution in [2.75, 3.05) is 61.1 Å². The first kappa shape index (κ1) is 28.0. The molecule has 3 aliphatic heterocycles. The first-order valence-electron chi connectivity index (χ1n) is 13.9. The van der Waals surface area contributed by atoms with Gasteiger partial charge in [-0.3, -0.25) is 15.0 Å². The number of hydrogen-bond acceptors (Lipinski definition) is 8. The van der Waals surface area contributed by atoms with E-state index >= 15 is 4.39 Å². The number of alkyl halides is 1. The van der Waals surface area contributed by atoms with Crippen LogP contribution in [0.4, 0.5) is 31.5 Å². The highest BCUT2D eigenvalue weighted by atomic mass is 19.1. The van der Waals surface area contributed by atoms with Crippen molar-refractivity contribution in [1.29, 1.82) is 0 Å². The van der Waals surface area contributed by atoms with Crippen molar-refractivity contribution in [2.24, 2.45) is 4.99 Å². The van der Waals surface area contributed by atoms with Gasteiger partial charge >= 0.3 is 0 Å². The molecule has 0 radical (unpaired) electrons. The number of aldehydes is 1. The van der Waals surface area contributed by atoms with Gasteiger partial charge in [0.25, 0.3) is 5.91 Å². The molecular weight excluding hydrogens is 542 g/mol. The molecule has 0 saturated carbocycles. The molecule has 0 spiro atoms. The largest absolute Gasteiger partial charge is 0.373 e. The third kappa shape index (κ3) is 5.50. The Morgan fingerprint density at radius 3 is 2.57 bits per heavy atom. The number of halogens is 2. The van der Waals surface area contributed by atoms with Crippen LogP contribution in [0.5, 0.6) is 0 Å². The van der Waals surface area contributed by atoms with E-state index in [1.54, 1.807) is 30.3 Å². The molecule has 2 fully saturated rings. The van der Waals surface area contributed by atoms with Crippen molar-refractivity contribution in [2.45, 2.75) is 18.5 Å². The lowest BCUT2D eigenvalue weighted by atomic mass is 10.0. The van der Waals surface area contributed by atoms with Crippen molar-refractivity contribution in [3.63, 3.8) is 0 Å². The minimum atomic E-state index is -1.48. The second kappa shape index (κ2) is 12.0. The zero-order chi connectivity index (χ0) is 29.2. The van der Waals surface area contributed by atoms with Crippen LogP contribution in [0.25, 0.3) is 0 Å². The van der Waals surface area contributed by atoms with Crippen molar-refractivity contribution in [1.82, 2.24) is 10.2 Å². The van der Waals surface area contributed by atoms with Crippen LogP contribution in [0.3, 0.4) is 0 Å². The van der Waals surface area contributed by atoms with Gasteiger partial charge in [0, 0.05) is 48.7 Å². The Morgan fingerprint density at radius 1 is 1.05 bits per heavy atom. The van der Waals surface area contributed by atoms with Gasteiger partial charge in [-0.2, -0.15) is 0 Å². The van der Waals surface area contributed by atoms with Crippen LogP contribution < -0.4 is 20.0 Å². The fourth-order valence-electron chi connectivity index (χ4n) is 5.60. The molecule has 42 heavy (non-hydrogen) atoms. The Kier molecular flexibility index (Phi) is 7.96. The number of likely N-dealkylation sites (N-methyl/N-ethyl adjacent to an activating group) is 1. The van der Waals surface area contributed by atoms with Crippen LogP contribution in [0.2, 0.25) is 0 Å². The molecular formula is C31H32F2N6O3. The molecule has 0 bridgehead atoms. The number of aliphatic imine (C=N–C) groups is 1. The van der Waals surface area contributed by atoms with E-state index in [4.69, 9.17) is 4.74 Å². The molecule has 0 aliphatic carbocycles. The predicted molar refractivity (Wildman–Crippen MR) is 158 cm³/mol. The number of nitrogens with zero attached hydrogens (tertiary/aromatic N) is 5. The Morgan fingerprint density at radius 2 is 1.83 bits per heavy atom. The van der Waals surface area contributed by atoms with E-state index in [0.29, 0.717) is 22.5 Å². The van der Waals surface area contributed by atoms with Gasteiger partial charge in [-0.05, 0) is 55.6 Å². The maximum absolute atomic E-state index is 15.5. The quantitative estimate of drug-likeness (QED) is 0.354. The predicted octanol–water partition coefficient (Wildman–Crippen LogP) is 3.89. The summed E-state index contributed by atoms with van der Waals surface area (Å²) < 4.78 is 35.2. The van der Waals surface area contributed by atoms with Gasteiger partial charge < -0.3 is 24.2 Å². The van der Waals surface area contributed by atoms with E-state index in [2.05, 4.69) is 27.2 Å². The molecule has 218 valence electrons. The first-order chi connectivity index (χ1) is 20.4. The van der Waals surface area contributed by atoms with Crippen molar-refractivity contribution in [3.05, 3.63) is 83.7 Å². The monoisotopic (exact) mass is 574 g/mol. The first-order valence-corrected chi connectivity index (χ1v) is 13.9. The third-order valence-corrected chi connectivity index (χ3v) is 7.90. The van der Waals surface area contributed by atoms with Gasteiger partial charge in [-0.1, -0.05) is 18.2 Å². The average molecular weight is 575 g/mol. The number of nitrogens with one attached hydrogen (secondary N) is 1. The number of amides is 1. The van der Waals surface area contributed by atoms with Gasteiger partial charge in [0.2, 0.25) is 0 Å². The SMILES string of the molecule is CN1CCN(c2ccc3c(c2)C(C=O)N(c2cc(N(C(=O)c4ccccc4)C4COCC(F)N4)ccc2F)C=N3)CC1. The zero-order valence-corrected chi connectivity index (χ0v) is 23.2. The van der Waals surface area contributed by atoms with E-state index in [9.17, 15) is 14.0 Å². The Bertz CT molecular complexity index is 1480. The second-order valence-corrected chi connectivity index (χ2v) is 10.6. The lowest BCUT2D eigenvalue weighted by Gasteiger charge is -2.37. The van der Waals surface area contributed by atoms with Crippen LogP contribution in [0.15, 0.2) is 71.7 Å². The van der Waals surface area contributed by atoms with Crippen LogP contribution in [0, 0.1) is 5.82 Å². The number of rotatable bonds is 6. The number of piperazine rings is 1. The van der Waals surface area contributed by atoms with Crippen molar-refractivity contribution >= 4 is 41.3 Å². The maximum Gasteiger partial charge on any atom is 0.259 e. The highest BCUT2D eigenvalue weighted by Crippen LogP contribution is 2.39. The van der Waals surface area contributed by atoms with Gasteiger partial charge in [-0.15, -0.1) is 0 Å². The molecule has 9 nitrogen and oxygen atoms in total. The Hall–Kier alpha value is -4.19. The minimum absolute atomic E-state index is 0.0380. The maximum atomic E-state index is 15.5. The van der Waals surface area contributed by atoms with Crippen molar-refractivity contribution < 1.29 is 23.1 Å². The number of hydrogen-bond donors (Lipinski definition) is 1. The molecule has 2 saturated heterocycles. The summed E-state index contributed by atoms with van der Waals surface area (Å²) >= 11 is 0. The summed E-state index contributed by atoms with van der Waals surface area (Å²) in [6.07, 6.45) is -0.124. The minimum Gasteiger partial charge on any atom is -0.373 e. The third-order valence-electron chi connectivity index (χ3n) is 7.90. The van der Waals surface area contributed by atoms with Crippen LogP contribution >= 0.6 is 0 Å². The highest BCUT2D eigenvalue weighted by molar-refractivity contribution is 6.07. The molecule has 1 amide bonds. The number of fused-ring (bicyclic) bond motifs is 1. The number of carbonyl (C=O) groups is 2. The number of benzene rings is 3. The summed E-state index contributed by atoms with van der Waals surface area (Å²) in [6.45, 7) is 3.47. The van der Waals surface area contributed by atoms with Crippen LogP contribution in [-0.2, 0) is 9.53 Å². The highest BCUT2D eigenvalue weighted by Gasteiger charge is 2.34. The molecule has 3 atom stereocenters. The molecule has 6 rings (SSSR count). The van der Waals surface area contributed by atoms with Gasteiger partial charge in [0.1, 0.15) is 24.3 Å². The second-order valence-electron chi connectivity index (χ2n) is 10.6. The molecule has 3 aromatic rings. The number of anilines is 3. The lowest BCUT2D eigenvalue weighted by Crippen LogP contribution is -2.58. The van der Waals surface area contributed by atoms with Gasteiger partial charge in [-0.25, -0.2) is 13.8 Å². The van der Waals surface area contributed by atoms with E-state index < -0.39 is 30.2 Å². The summed E-state index contributed by atoms with van der Waals surface area (Å²) in [5.74, 6) is -1.01. The van der Waals surface area contributed by atoms with Gasteiger partial charge in [0.15, 0.2) is 6.30 Å². The van der Waals surface area contributed by atoms with Crippen molar-refractivity contribution in [3.8, 4) is 0 Å². The van der Waals surface area contributed by atoms with Crippen LogP contribution in [-0.4, -0.2) is 82.3 Å². The summed E-state index contributed by atoms with van der Waals surface area (Å²) in [5, 5.41) is 2.77. The summed E-state index contributed by atoms with van der Waals surface area (Å²) in [4.78, 5) is 38.2. The number of morpholine rings is 1. The number of ether oxygens (including phenoxy) is 1. The Labute approximate surface area is 243 Å². The van der Waals surface area contributed by atoms with Crippen LogP contribution in [0.1, 0.15) is 22.0 Å². The number of carbonyl (C=O) groups excluding carboxylic acids is 2. The molecule has 3 heterocycles. The smallest absolute Gasteiger partial charge is 0.259 e. The van der Waals surface area contributed by atoms with E-state index in [0.717, 1.165) is 38.2 Å². The molecule has 11 heteroatoms. The molecule has 0 aromatic heterocycles. The van der Waals surface area contributed by atoms with E-state index in [1.807, 2.05) is 18.2 Å². The molecule has 3 aliphatic rings. The van der Waals surface area contributed by atoms with Gasteiger partial charge in [0.05, 0.1) is 30.9 Å². The Balaban J connectivity index is 1.36. The summed E-state index contributed by atoms with van der Waals surface area (Å²) in [7, 11) is 2.09. The normalized spacial score (nSPS) is 22.5. The molecule has 3 unspecified atom stereocenters. The fraction of sp³-hybridized carbons (Fsp3) is 0.323. The van der Waals surface area contributed by atoms with E-state index in [-0.39, 0.29) is 18.9 Å². The zero-order valence-electron chi connectivity index (χ0n) is 23.2. The molecule has 3 aromatic carbocycles. The topological polar surface area (TPSA) is 80.7 Å². The summed E-state index contributed by atoms with van der Waals surface area (Å²) in [6, 6.07) is 17.7. The fourth-order valence-corrected chi connectivity index (χ4v) is 5.60. The average Bonchev–Trinajstić information content (AvgIpc) is 3.02. The standard InChI is InChI=1S/C31H32F2N6O3/c1-36-11-13-37(14-12-36)22-8-10-26-24(15-22)28(17-40)38(20-34-26)27-16-23(7-9-25(27)32)39(30-19-42-18-29(33)35-30)31(41)21-5-3-2-4-6-21/h2-10,15-17,20,28-30,35H,11-14,18-19H2,1H3. The summed E-state index contributed by atoms with van der Waals surface area (Å²) in [5.41, 5.74) is 3.02. The molecule has 1 N–H and O–H groups in total.